The van der Waals surface area contributed by atoms with E-state index in [-0.39, 0.29) is 29.1 Å². The lowest BCUT2D eigenvalue weighted by molar-refractivity contribution is 0.0646. The molecule has 0 spiro atoms. The van der Waals surface area contributed by atoms with Gasteiger partial charge in [0.25, 0.3) is 5.91 Å². The molecule has 2 aromatic rings. The number of Topliss-reactive ketones (excluding diaryl/α,β-unsaturated/α-hetero) is 1. The highest BCUT2D eigenvalue weighted by atomic mass is 16.2. The van der Waals surface area contributed by atoms with Crippen molar-refractivity contribution in [2.75, 3.05) is 18.8 Å². The molecule has 3 rings (SSSR count). The van der Waals surface area contributed by atoms with Gasteiger partial charge in [0, 0.05) is 37.0 Å². The van der Waals surface area contributed by atoms with Gasteiger partial charge < -0.3 is 10.6 Å². The van der Waals surface area contributed by atoms with Gasteiger partial charge in [0.1, 0.15) is 0 Å². The number of rotatable bonds is 3. The number of nitrogens with two attached hydrogens (primary N) is 1. The SMILES string of the molecule is Cc1ccc(C(=O)C2CCN(C(=O)c3nccnc3N)CC2)c(C)c1. The maximum atomic E-state index is 12.8. The summed E-state index contributed by atoms with van der Waals surface area (Å²) in [5, 5.41) is 0. The molecule has 25 heavy (non-hydrogen) atoms. The van der Waals surface area contributed by atoms with Crippen LogP contribution in [-0.2, 0) is 0 Å². The minimum absolute atomic E-state index is 0.0512. The van der Waals surface area contributed by atoms with Gasteiger partial charge in [0.05, 0.1) is 0 Å². The first-order chi connectivity index (χ1) is 12.0. The number of carbonyl (C=O) groups excluding carboxylic acids is 2. The van der Waals surface area contributed by atoms with Gasteiger partial charge in [-0.1, -0.05) is 23.8 Å². The summed E-state index contributed by atoms with van der Waals surface area (Å²) in [5.74, 6) is 0.0391. The Kier molecular flexibility index (Phi) is 4.79. The van der Waals surface area contributed by atoms with Gasteiger partial charge in [0.15, 0.2) is 17.3 Å². The van der Waals surface area contributed by atoms with Crippen LogP contribution in [0.3, 0.4) is 0 Å². The zero-order valence-electron chi connectivity index (χ0n) is 14.5. The van der Waals surface area contributed by atoms with Crippen molar-refractivity contribution in [1.29, 1.82) is 0 Å². The molecule has 0 atom stereocenters. The predicted molar refractivity (Wildman–Crippen MR) is 95.3 cm³/mol. The Balaban J connectivity index is 1.66. The van der Waals surface area contributed by atoms with Crippen molar-refractivity contribution < 1.29 is 9.59 Å². The highest BCUT2D eigenvalue weighted by molar-refractivity contribution is 6.00. The minimum Gasteiger partial charge on any atom is -0.382 e. The van der Waals surface area contributed by atoms with Crippen molar-refractivity contribution in [2.24, 2.45) is 5.92 Å². The Morgan fingerprint density at radius 1 is 1.12 bits per heavy atom. The van der Waals surface area contributed by atoms with Crippen molar-refractivity contribution in [3.63, 3.8) is 0 Å². The molecule has 2 N–H and O–H groups in total. The third-order valence-electron chi connectivity index (χ3n) is 4.73. The van der Waals surface area contributed by atoms with Gasteiger partial charge in [-0.15, -0.1) is 0 Å². The van der Waals surface area contributed by atoms with Gasteiger partial charge in [-0.25, -0.2) is 9.97 Å². The molecule has 0 unspecified atom stereocenters. The van der Waals surface area contributed by atoms with Crippen LogP contribution in [0.4, 0.5) is 5.82 Å². The average Bonchev–Trinajstić information content (AvgIpc) is 2.61. The van der Waals surface area contributed by atoms with E-state index in [2.05, 4.69) is 9.97 Å². The molecule has 1 aliphatic heterocycles. The second kappa shape index (κ2) is 7.01. The fraction of sp³-hybridized carbons (Fsp3) is 0.368. The van der Waals surface area contributed by atoms with Crippen LogP contribution in [0, 0.1) is 19.8 Å². The molecule has 1 fully saturated rings. The Bertz CT molecular complexity index is 811. The first-order valence-electron chi connectivity index (χ1n) is 8.44. The second-order valence-corrected chi connectivity index (χ2v) is 6.54. The van der Waals surface area contributed by atoms with Crippen LogP contribution in [0.15, 0.2) is 30.6 Å². The summed E-state index contributed by atoms with van der Waals surface area (Å²) < 4.78 is 0. The Labute approximate surface area is 147 Å². The highest BCUT2D eigenvalue weighted by Crippen LogP contribution is 2.25. The number of likely N-dealkylation sites (tertiary alicyclic amines) is 1. The van der Waals surface area contributed by atoms with E-state index in [0.29, 0.717) is 25.9 Å². The molecule has 2 heterocycles. The van der Waals surface area contributed by atoms with Crippen molar-refractivity contribution in [3.8, 4) is 0 Å². The van der Waals surface area contributed by atoms with E-state index in [4.69, 9.17) is 5.73 Å². The number of benzene rings is 1. The van der Waals surface area contributed by atoms with E-state index < -0.39 is 0 Å². The molecule has 6 nitrogen and oxygen atoms in total. The number of aromatic nitrogens is 2. The molecule has 1 aromatic carbocycles. The third kappa shape index (κ3) is 3.52. The summed E-state index contributed by atoms with van der Waals surface area (Å²) in [7, 11) is 0. The van der Waals surface area contributed by atoms with E-state index in [9.17, 15) is 9.59 Å². The lowest BCUT2D eigenvalue weighted by Gasteiger charge is -2.31. The number of amides is 1. The summed E-state index contributed by atoms with van der Waals surface area (Å²) in [6, 6.07) is 5.91. The predicted octanol–water partition coefficient (Wildman–Crippen LogP) is 2.41. The van der Waals surface area contributed by atoms with Crippen molar-refractivity contribution >= 4 is 17.5 Å². The molecule has 1 saturated heterocycles. The number of nitrogens with zero attached hydrogens (tertiary/aromatic N) is 3. The van der Waals surface area contributed by atoms with Gasteiger partial charge in [-0.05, 0) is 32.3 Å². The summed E-state index contributed by atoms with van der Waals surface area (Å²) >= 11 is 0. The molecule has 6 heteroatoms. The standard InChI is InChI=1S/C19H22N4O2/c1-12-3-4-15(13(2)11-12)17(24)14-5-9-23(10-6-14)19(25)16-18(20)22-8-7-21-16/h3-4,7-8,11,14H,5-6,9-10H2,1-2H3,(H2,20,22). The number of nitrogen functional groups attached to an aromatic ring is 1. The maximum Gasteiger partial charge on any atom is 0.276 e. The van der Waals surface area contributed by atoms with Crippen LogP contribution in [0.1, 0.15) is 44.8 Å². The summed E-state index contributed by atoms with van der Waals surface area (Å²) in [4.78, 5) is 34.9. The third-order valence-corrected chi connectivity index (χ3v) is 4.73. The van der Waals surface area contributed by atoms with Crippen LogP contribution < -0.4 is 5.73 Å². The fourth-order valence-electron chi connectivity index (χ4n) is 3.32. The summed E-state index contributed by atoms with van der Waals surface area (Å²) in [6.45, 7) is 5.03. The number of hydrogen-bond donors (Lipinski definition) is 1. The number of hydrogen-bond acceptors (Lipinski definition) is 5. The van der Waals surface area contributed by atoms with E-state index in [1.54, 1.807) is 4.90 Å². The Hall–Kier alpha value is -2.76. The zero-order chi connectivity index (χ0) is 18.0. The molecule has 1 aliphatic rings. The van der Waals surface area contributed by atoms with Gasteiger partial charge in [0.2, 0.25) is 0 Å². The largest absolute Gasteiger partial charge is 0.382 e. The number of anilines is 1. The van der Waals surface area contributed by atoms with Crippen LogP contribution in [0.5, 0.6) is 0 Å². The lowest BCUT2D eigenvalue weighted by Crippen LogP contribution is -2.41. The van der Waals surface area contributed by atoms with Crippen LogP contribution in [-0.4, -0.2) is 39.6 Å². The number of carbonyl (C=O) groups is 2. The molecular formula is C19H22N4O2. The molecule has 130 valence electrons. The van der Waals surface area contributed by atoms with E-state index >= 15 is 0 Å². The first kappa shape index (κ1) is 17.1. The van der Waals surface area contributed by atoms with E-state index in [1.807, 2.05) is 32.0 Å². The average molecular weight is 338 g/mol. The Morgan fingerprint density at radius 2 is 1.80 bits per heavy atom. The topological polar surface area (TPSA) is 89.2 Å². The van der Waals surface area contributed by atoms with E-state index in [0.717, 1.165) is 16.7 Å². The van der Waals surface area contributed by atoms with Crippen molar-refractivity contribution in [3.05, 3.63) is 53.0 Å². The number of aryl methyl sites for hydroxylation is 2. The summed E-state index contributed by atoms with van der Waals surface area (Å²) in [5.41, 5.74) is 8.86. The highest BCUT2D eigenvalue weighted by Gasteiger charge is 2.30. The van der Waals surface area contributed by atoms with E-state index in [1.165, 1.54) is 12.4 Å². The smallest absolute Gasteiger partial charge is 0.276 e. The van der Waals surface area contributed by atoms with Crippen LogP contribution >= 0.6 is 0 Å². The second-order valence-electron chi connectivity index (χ2n) is 6.54. The minimum atomic E-state index is -0.219. The molecular weight excluding hydrogens is 316 g/mol. The molecule has 1 aromatic heterocycles. The lowest BCUT2D eigenvalue weighted by atomic mass is 9.87. The zero-order valence-corrected chi connectivity index (χ0v) is 14.5. The fourth-order valence-corrected chi connectivity index (χ4v) is 3.32. The Morgan fingerprint density at radius 3 is 2.44 bits per heavy atom. The van der Waals surface area contributed by atoms with Crippen LogP contribution in [0.25, 0.3) is 0 Å². The normalized spacial score (nSPS) is 15.2. The molecule has 1 amide bonds. The molecule has 0 saturated carbocycles. The molecule has 0 aliphatic carbocycles. The van der Waals surface area contributed by atoms with Crippen molar-refractivity contribution in [2.45, 2.75) is 26.7 Å². The van der Waals surface area contributed by atoms with Gasteiger partial charge >= 0.3 is 0 Å². The number of ketones is 1. The van der Waals surface area contributed by atoms with Crippen LogP contribution in [0.2, 0.25) is 0 Å². The number of piperidine rings is 1. The quantitative estimate of drug-likeness (QED) is 0.868. The molecule has 0 radical (unpaired) electrons. The van der Waals surface area contributed by atoms with Gasteiger partial charge in [-0.3, -0.25) is 9.59 Å². The van der Waals surface area contributed by atoms with Gasteiger partial charge in [-0.2, -0.15) is 0 Å². The first-order valence-corrected chi connectivity index (χ1v) is 8.44. The monoisotopic (exact) mass is 338 g/mol. The molecule has 0 bridgehead atoms. The van der Waals surface area contributed by atoms with Crippen molar-refractivity contribution in [1.82, 2.24) is 14.9 Å². The summed E-state index contributed by atoms with van der Waals surface area (Å²) in [6.07, 6.45) is 4.22. The maximum absolute atomic E-state index is 12.8.